The quantitative estimate of drug-likeness (QED) is 0.280. The van der Waals surface area contributed by atoms with Crippen molar-refractivity contribution in [3.05, 3.63) is 88.2 Å². The average Bonchev–Trinajstić information content (AvgIpc) is 2.92. The molecule has 0 radical (unpaired) electrons. The van der Waals surface area contributed by atoms with Crippen LogP contribution in [0.5, 0.6) is 5.75 Å². The number of nitrogens with zero attached hydrogens (tertiary/aromatic N) is 2. The summed E-state index contributed by atoms with van der Waals surface area (Å²) < 4.78 is 47.6. The summed E-state index contributed by atoms with van der Waals surface area (Å²) in [6.45, 7) is 6.68. The number of halogens is 3. The van der Waals surface area contributed by atoms with Crippen LogP contribution in [0.4, 0.5) is 10.1 Å². The van der Waals surface area contributed by atoms with Crippen molar-refractivity contribution in [1.29, 1.82) is 0 Å². The molecule has 0 aliphatic rings. The van der Waals surface area contributed by atoms with Gasteiger partial charge < -0.3 is 15.0 Å². The zero-order valence-electron chi connectivity index (χ0n) is 23.1. The summed E-state index contributed by atoms with van der Waals surface area (Å²) in [6.07, 6.45) is 0. The fourth-order valence-electron chi connectivity index (χ4n) is 3.96. The van der Waals surface area contributed by atoms with E-state index in [1.807, 2.05) is 6.92 Å². The number of hydrogen-bond acceptors (Lipinski definition) is 5. The second kappa shape index (κ2) is 14.0. The van der Waals surface area contributed by atoms with Crippen LogP contribution in [0.2, 0.25) is 10.0 Å². The highest BCUT2D eigenvalue weighted by atomic mass is 35.5. The molecule has 0 aliphatic heterocycles. The molecular weight excluding hydrogens is 592 g/mol. The third-order valence-corrected chi connectivity index (χ3v) is 8.58. The van der Waals surface area contributed by atoms with Gasteiger partial charge in [-0.1, -0.05) is 29.3 Å². The van der Waals surface area contributed by atoms with Gasteiger partial charge in [-0.3, -0.25) is 13.9 Å². The van der Waals surface area contributed by atoms with Crippen molar-refractivity contribution in [2.24, 2.45) is 0 Å². The molecule has 220 valence electrons. The molecule has 0 saturated carbocycles. The largest absolute Gasteiger partial charge is 0.494 e. The van der Waals surface area contributed by atoms with Crippen LogP contribution in [0.1, 0.15) is 33.3 Å². The van der Waals surface area contributed by atoms with Crippen LogP contribution >= 0.6 is 23.2 Å². The SMILES string of the molecule is CCOc1ccc(N(CC(=O)N(Cc2ccc(Cl)c(Cl)c2)C(C)C(=O)NC(C)C)S(=O)(=O)c2ccc(F)cc2)cc1. The van der Waals surface area contributed by atoms with Gasteiger partial charge in [0.15, 0.2) is 0 Å². The molecule has 3 aromatic carbocycles. The molecule has 0 aromatic heterocycles. The molecule has 12 heteroatoms. The van der Waals surface area contributed by atoms with Crippen LogP contribution in [0.15, 0.2) is 71.6 Å². The predicted molar refractivity (Wildman–Crippen MR) is 158 cm³/mol. The maximum atomic E-state index is 13.9. The molecule has 3 aromatic rings. The number of ether oxygens (including phenoxy) is 1. The zero-order valence-corrected chi connectivity index (χ0v) is 25.4. The Kier molecular flexibility index (Phi) is 11.0. The highest BCUT2D eigenvalue weighted by Crippen LogP contribution is 2.28. The fourth-order valence-corrected chi connectivity index (χ4v) is 5.70. The lowest BCUT2D eigenvalue weighted by molar-refractivity contribution is -0.139. The van der Waals surface area contributed by atoms with Crippen molar-refractivity contribution in [2.75, 3.05) is 17.5 Å². The van der Waals surface area contributed by atoms with Crippen LogP contribution in [0.3, 0.4) is 0 Å². The van der Waals surface area contributed by atoms with Gasteiger partial charge in [0.25, 0.3) is 10.0 Å². The lowest BCUT2D eigenvalue weighted by Crippen LogP contribution is -2.52. The molecule has 0 heterocycles. The molecule has 0 fully saturated rings. The van der Waals surface area contributed by atoms with Crippen molar-refractivity contribution < 1.29 is 27.1 Å². The number of anilines is 1. The number of nitrogens with one attached hydrogen (secondary N) is 1. The van der Waals surface area contributed by atoms with E-state index in [0.717, 1.165) is 28.6 Å². The molecule has 1 unspecified atom stereocenters. The maximum Gasteiger partial charge on any atom is 0.264 e. The number of sulfonamides is 1. The first kappa shape index (κ1) is 32.2. The number of rotatable bonds is 12. The Labute approximate surface area is 250 Å². The summed E-state index contributed by atoms with van der Waals surface area (Å²) in [4.78, 5) is 28.0. The minimum absolute atomic E-state index is 0.0455. The number of hydrogen-bond donors (Lipinski definition) is 1. The van der Waals surface area contributed by atoms with E-state index in [1.54, 1.807) is 51.1 Å². The molecule has 0 saturated heterocycles. The van der Waals surface area contributed by atoms with Gasteiger partial charge in [0.2, 0.25) is 11.8 Å². The summed E-state index contributed by atoms with van der Waals surface area (Å²) in [5, 5.41) is 3.38. The second-order valence-corrected chi connectivity index (χ2v) is 12.2. The number of amides is 2. The van der Waals surface area contributed by atoms with Crippen LogP contribution in [0.25, 0.3) is 0 Å². The Morgan fingerprint density at radius 3 is 2.15 bits per heavy atom. The molecule has 0 aliphatic carbocycles. The monoisotopic (exact) mass is 623 g/mol. The lowest BCUT2D eigenvalue weighted by Gasteiger charge is -2.32. The Morgan fingerprint density at radius 1 is 0.951 bits per heavy atom. The van der Waals surface area contributed by atoms with Gasteiger partial charge >= 0.3 is 0 Å². The molecule has 1 N–H and O–H groups in total. The molecule has 3 rings (SSSR count). The van der Waals surface area contributed by atoms with Crippen molar-refractivity contribution in [2.45, 2.75) is 51.2 Å². The Balaban J connectivity index is 2.04. The Morgan fingerprint density at radius 2 is 1.59 bits per heavy atom. The third-order valence-electron chi connectivity index (χ3n) is 6.05. The average molecular weight is 625 g/mol. The standard InChI is InChI=1S/C29H32Cl2FN3O5S/c1-5-40-24-11-9-23(10-12-24)35(41(38,39)25-13-7-22(32)8-14-25)18-28(36)34(20(4)29(37)33-19(2)3)17-21-6-15-26(30)27(31)16-21/h6-16,19-20H,5,17-18H2,1-4H3,(H,33,37). The van der Waals surface area contributed by atoms with Gasteiger partial charge in [0.1, 0.15) is 24.2 Å². The highest BCUT2D eigenvalue weighted by Gasteiger charge is 2.33. The van der Waals surface area contributed by atoms with Crippen LogP contribution in [-0.2, 0) is 26.2 Å². The van der Waals surface area contributed by atoms with Gasteiger partial charge in [0, 0.05) is 12.6 Å². The topological polar surface area (TPSA) is 96.0 Å². The van der Waals surface area contributed by atoms with E-state index in [-0.39, 0.29) is 28.2 Å². The predicted octanol–water partition coefficient (Wildman–Crippen LogP) is 5.67. The van der Waals surface area contributed by atoms with Gasteiger partial charge in [-0.05, 0) is 93.9 Å². The van der Waals surface area contributed by atoms with Gasteiger partial charge in [0.05, 0.1) is 27.2 Å². The minimum Gasteiger partial charge on any atom is -0.494 e. The normalized spacial score (nSPS) is 12.1. The molecule has 0 bridgehead atoms. The fraction of sp³-hybridized carbons (Fsp3) is 0.310. The van der Waals surface area contributed by atoms with Gasteiger partial charge in [-0.25, -0.2) is 12.8 Å². The smallest absolute Gasteiger partial charge is 0.264 e. The van der Waals surface area contributed by atoms with E-state index < -0.39 is 40.2 Å². The van der Waals surface area contributed by atoms with Crippen LogP contribution in [-0.4, -0.2) is 50.4 Å². The van der Waals surface area contributed by atoms with Crippen LogP contribution in [0, 0.1) is 5.82 Å². The van der Waals surface area contributed by atoms with Gasteiger partial charge in [-0.15, -0.1) is 0 Å². The highest BCUT2D eigenvalue weighted by molar-refractivity contribution is 7.92. The molecule has 2 amide bonds. The van der Waals surface area contributed by atoms with E-state index in [1.165, 1.54) is 17.0 Å². The van der Waals surface area contributed by atoms with E-state index in [9.17, 15) is 22.4 Å². The molecule has 1 atom stereocenters. The molecule has 0 spiro atoms. The van der Waals surface area contributed by atoms with Crippen molar-refractivity contribution in [3.8, 4) is 5.75 Å². The van der Waals surface area contributed by atoms with Crippen molar-refractivity contribution in [3.63, 3.8) is 0 Å². The molecule has 41 heavy (non-hydrogen) atoms. The summed E-state index contributed by atoms with van der Waals surface area (Å²) in [6, 6.07) is 14.2. The summed E-state index contributed by atoms with van der Waals surface area (Å²) in [7, 11) is -4.34. The summed E-state index contributed by atoms with van der Waals surface area (Å²) in [5.74, 6) is -1.16. The number of carbonyl (C=O) groups is 2. The van der Waals surface area contributed by atoms with Gasteiger partial charge in [-0.2, -0.15) is 0 Å². The summed E-state index contributed by atoms with van der Waals surface area (Å²) >= 11 is 12.2. The van der Waals surface area contributed by atoms with Crippen LogP contribution < -0.4 is 14.4 Å². The first-order valence-electron chi connectivity index (χ1n) is 12.9. The maximum absolute atomic E-state index is 13.9. The van der Waals surface area contributed by atoms with E-state index in [2.05, 4.69) is 5.32 Å². The Bertz CT molecular complexity index is 1470. The number of benzene rings is 3. The number of carbonyl (C=O) groups excluding carboxylic acids is 2. The third kappa shape index (κ3) is 8.34. The minimum atomic E-state index is -4.34. The Hall–Kier alpha value is -3.34. The van der Waals surface area contributed by atoms with E-state index in [4.69, 9.17) is 27.9 Å². The molecular formula is C29H32Cl2FN3O5S. The van der Waals surface area contributed by atoms with E-state index >= 15 is 0 Å². The van der Waals surface area contributed by atoms with Crippen molar-refractivity contribution >= 4 is 50.7 Å². The summed E-state index contributed by atoms with van der Waals surface area (Å²) in [5.41, 5.74) is 0.769. The zero-order chi connectivity index (χ0) is 30.3. The van der Waals surface area contributed by atoms with Crippen molar-refractivity contribution in [1.82, 2.24) is 10.2 Å². The van der Waals surface area contributed by atoms with E-state index in [0.29, 0.717) is 22.9 Å². The first-order valence-corrected chi connectivity index (χ1v) is 15.1. The second-order valence-electron chi connectivity index (χ2n) is 9.50. The lowest BCUT2D eigenvalue weighted by atomic mass is 10.1. The molecule has 8 nitrogen and oxygen atoms in total. The first-order chi connectivity index (χ1) is 19.3.